The molecule has 1 aromatic rings. The molecule has 0 radical (unpaired) electrons. The zero-order valence-electron chi connectivity index (χ0n) is 8.51. The van der Waals surface area contributed by atoms with Crippen molar-refractivity contribution in [1.82, 2.24) is 0 Å². The Morgan fingerprint density at radius 2 is 2.14 bits per heavy atom. The SMILES string of the molecule is CCCCOc1c(O)cc(C)cc1F. The van der Waals surface area contributed by atoms with Crippen molar-refractivity contribution >= 4 is 0 Å². The molecule has 0 unspecified atom stereocenters. The van der Waals surface area contributed by atoms with Gasteiger partial charge in [0.25, 0.3) is 0 Å². The lowest BCUT2D eigenvalue weighted by molar-refractivity contribution is 0.277. The molecule has 0 heterocycles. The van der Waals surface area contributed by atoms with Crippen LogP contribution in [-0.4, -0.2) is 11.7 Å². The minimum absolute atomic E-state index is 0.0379. The van der Waals surface area contributed by atoms with Gasteiger partial charge in [-0.1, -0.05) is 13.3 Å². The van der Waals surface area contributed by atoms with E-state index in [0.29, 0.717) is 12.2 Å². The average molecular weight is 198 g/mol. The molecule has 2 nitrogen and oxygen atoms in total. The summed E-state index contributed by atoms with van der Waals surface area (Å²) in [4.78, 5) is 0. The number of benzene rings is 1. The highest BCUT2D eigenvalue weighted by Crippen LogP contribution is 2.30. The average Bonchev–Trinajstić information content (AvgIpc) is 2.09. The Kier molecular flexibility index (Phi) is 3.74. The Balaban J connectivity index is 2.75. The lowest BCUT2D eigenvalue weighted by atomic mass is 10.2. The number of ether oxygens (including phenoxy) is 1. The van der Waals surface area contributed by atoms with E-state index in [0.717, 1.165) is 12.8 Å². The minimum Gasteiger partial charge on any atom is -0.504 e. The Bertz CT molecular complexity index is 287. The zero-order chi connectivity index (χ0) is 10.6. The standard InChI is InChI=1S/C11H15FO2/c1-3-4-5-14-11-9(12)6-8(2)7-10(11)13/h6-7,13H,3-5H2,1-2H3. The van der Waals surface area contributed by atoms with E-state index in [-0.39, 0.29) is 11.5 Å². The summed E-state index contributed by atoms with van der Waals surface area (Å²) in [6.07, 6.45) is 1.83. The molecule has 0 aliphatic rings. The quantitative estimate of drug-likeness (QED) is 0.753. The number of aromatic hydroxyl groups is 1. The molecule has 0 bridgehead atoms. The molecule has 14 heavy (non-hydrogen) atoms. The van der Waals surface area contributed by atoms with Crippen molar-refractivity contribution in [3.63, 3.8) is 0 Å². The highest BCUT2D eigenvalue weighted by Gasteiger charge is 2.09. The third-order valence-corrected chi connectivity index (χ3v) is 1.91. The smallest absolute Gasteiger partial charge is 0.196 e. The van der Waals surface area contributed by atoms with Crippen LogP contribution in [0.25, 0.3) is 0 Å². The van der Waals surface area contributed by atoms with Gasteiger partial charge in [0.15, 0.2) is 17.3 Å². The fourth-order valence-corrected chi connectivity index (χ4v) is 1.17. The number of aryl methyl sites for hydroxylation is 1. The third kappa shape index (κ3) is 2.62. The van der Waals surface area contributed by atoms with Gasteiger partial charge < -0.3 is 9.84 Å². The van der Waals surface area contributed by atoms with Gasteiger partial charge in [-0.25, -0.2) is 4.39 Å². The van der Waals surface area contributed by atoms with E-state index < -0.39 is 5.82 Å². The Hall–Kier alpha value is -1.25. The zero-order valence-corrected chi connectivity index (χ0v) is 8.51. The van der Waals surface area contributed by atoms with Gasteiger partial charge in [0.1, 0.15) is 0 Å². The summed E-state index contributed by atoms with van der Waals surface area (Å²) < 4.78 is 18.4. The van der Waals surface area contributed by atoms with Crippen LogP contribution in [0.3, 0.4) is 0 Å². The maximum Gasteiger partial charge on any atom is 0.196 e. The first kappa shape index (κ1) is 10.8. The molecule has 1 rings (SSSR count). The molecule has 1 N–H and O–H groups in total. The summed E-state index contributed by atoms with van der Waals surface area (Å²) in [5, 5.41) is 9.41. The number of hydrogen-bond donors (Lipinski definition) is 1. The molecule has 78 valence electrons. The number of phenols is 1. The lowest BCUT2D eigenvalue weighted by Gasteiger charge is -2.08. The maximum absolute atomic E-state index is 13.3. The van der Waals surface area contributed by atoms with E-state index in [4.69, 9.17) is 4.74 Å². The molecule has 0 aliphatic heterocycles. The summed E-state index contributed by atoms with van der Waals surface area (Å²) in [6, 6.07) is 2.84. The molecule has 0 fully saturated rings. The first-order chi connectivity index (χ1) is 6.65. The van der Waals surface area contributed by atoms with Crippen LogP contribution in [0.2, 0.25) is 0 Å². The van der Waals surface area contributed by atoms with E-state index in [1.807, 2.05) is 6.92 Å². The van der Waals surface area contributed by atoms with Gasteiger partial charge in [-0.3, -0.25) is 0 Å². The largest absolute Gasteiger partial charge is 0.504 e. The molecule has 0 atom stereocenters. The summed E-state index contributed by atoms with van der Waals surface area (Å²) in [5.41, 5.74) is 0.683. The summed E-state index contributed by atoms with van der Waals surface area (Å²) >= 11 is 0. The molecule has 0 saturated heterocycles. The van der Waals surface area contributed by atoms with E-state index >= 15 is 0 Å². The predicted octanol–water partition coefficient (Wildman–Crippen LogP) is 3.02. The molecular weight excluding hydrogens is 183 g/mol. The van der Waals surface area contributed by atoms with Gasteiger partial charge in [-0.2, -0.15) is 0 Å². The summed E-state index contributed by atoms with van der Waals surface area (Å²) in [5.74, 6) is -0.666. The first-order valence-electron chi connectivity index (χ1n) is 4.77. The normalized spacial score (nSPS) is 10.2. The Morgan fingerprint density at radius 1 is 1.43 bits per heavy atom. The van der Waals surface area contributed by atoms with Gasteiger partial charge in [-0.05, 0) is 31.0 Å². The van der Waals surface area contributed by atoms with Crippen LogP contribution in [0.5, 0.6) is 11.5 Å². The van der Waals surface area contributed by atoms with Crippen molar-refractivity contribution in [3.8, 4) is 11.5 Å². The van der Waals surface area contributed by atoms with Gasteiger partial charge in [0, 0.05) is 0 Å². The summed E-state index contributed by atoms with van der Waals surface area (Å²) in [6.45, 7) is 4.18. The van der Waals surface area contributed by atoms with Crippen molar-refractivity contribution in [3.05, 3.63) is 23.5 Å². The Morgan fingerprint density at radius 3 is 2.71 bits per heavy atom. The second-order valence-corrected chi connectivity index (χ2v) is 3.30. The molecule has 0 spiro atoms. The van der Waals surface area contributed by atoms with E-state index in [1.165, 1.54) is 12.1 Å². The minimum atomic E-state index is -0.501. The molecule has 0 aliphatic carbocycles. The fourth-order valence-electron chi connectivity index (χ4n) is 1.17. The Labute approximate surface area is 83.3 Å². The van der Waals surface area contributed by atoms with Gasteiger partial charge in [0.2, 0.25) is 0 Å². The predicted molar refractivity (Wildman–Crippen MR) is 53.2 cm³/mol. The molecule has 0 saturated carbocycles. The van der Waals surface area contributed by atoms with E-state index in [1.54, 1.807) is 6.92 Å². The van der Waals surface area contributed by atoms with Crippen LogP contribution in [0, 0.1) is 12.7 Å². The lowest BCUT2D eigenvalue weighted by Crippen LogP contribution is -1.99. The van der Waals surface area contributed by atoms with E-state index in [2.05, 4.69) is 0 Å². The molecule has 0 aromatic heterocycles. The fraction of sp³-hybridized carbons (Fsp3) is 0.455. The van der Waals surface area contributed by atoms with Gasteiger partial charge >= 0.3 is 0 Å². The van der Waals surface area contributed by atoms with Crippen molar-refractivity contribution in [2.75, 3.05) is 6.61 Å². The second-order valence-electron chi connectivity index (χ2n) is 3.30. The number of unbranched alkanes of at least 4 members (excludes halogenated alkanes) is 1. The van der Waals surface area contributed by atoms with E-state index in [9.17, 15) is 9.50 Å². The number of rotatable bonds is 4. The van der Waals surface area contributed by atoms with Crippen molar-refractivity contribution < 1.29 is 14.2 Å². The second kappa shape index (κ2) is 4.84. The van der Waals surface area contributed by atoms with Crippen molar-refractivity contribution in [2.45, 2.75) is 26.7 Å². The first-order valence-corrected chi connectivity index (χ1v) is 4.77. The molecule has 3 heteroatoms. The number of hydrogen-bond acceptors (Lipinski definition) is 2. The number of halogens is 1. The highest BCUT2D eigenvalue weighted by molar-refractivity contribution is 5.42. The van der Waals surface area contributed by atoms with Crippen LogP contribution >= 0.6 is 0 Å². The maximum atomic E-state index is 13.3. The molecular formula is C11H15FO2. The van der Waals surface area contributed by atoms with Gasteiger partial charge in [0.05, 0.1) is 6.61 Å². The van der Waals surface area contributed by atoms with Crippen molar-refractivity contribution in [1.29, 1.82) is 0 Å². The molecule has 0 amide bonds. The monoisotopic (exact) mass is 198 g/mol. The topological polar surface area (TPSA) is 29.5 Å². The van der Waals surface area contributed by atoms with Crippen LogP contribution < -0.4 is 4.74 Å². The third-order valence-electron chi connectivity index (χ3n) is 1.91. The van der Waals surface area contributed by atoms with Crippen LogP contribution in [0.15, 0.2) is 12.1 Å². The van der Waals surface area contributed by atoms with Crippen LogP contribution in [0.4, 0.5) is 4.39 Å². The number of phenolic OH excluding ortho intramolecular Hbond substituents is 1. The van der Waals surface area contributed by atoms with Crippen LogP contribution in [0.1, 0.15) is 25.3 Å². The highest BCUT2D eigenvalue weighted by atomic mass is 19.1. The van der Waals surface area contributed by atoms with Gasteiger partial charge in [-0.15, -0.1) is 0 Å². The van der Waals surface area contributed by atoms with Crippen molar-refractivity contribution in [2.24, 2.45) is 0 Å². The summed E-state index contributed by atoms with van der Waals surface area (Å²) in [7, 11) is 0. The molecule has 1 aromatic carbocycles. The van der Waals surface area contributed by atoms with Crippen LogP contribution in [-0.2, 0) is 0 Å².